The summed E-state index contributed by atoms with van der Waals surface area (Å²) < 4.78 is 5.26. The molecular formula is C15H29N3O2. The minimum Gasteiger partial charge on any atom is -0.444 e. The number of nitrogens with zero attached hydrogens (tertiary/aromatic N) is 1. The Morgan fingerprint density at radius 3 is 2.55 bits per heavy atom. The van der Waals surface area contributed by atoms with E-state index < -0.39 is 5.60 Å². The van der Waals surface area contributed by atoms with Crippen LogP contribution in [0.5, 0.6) is 0 Å². The Morgan fingerprint density at radius 2 is 2.00 bits per heavy atom. The van der Waals surface area contributed by atoms with Gasteiger partial charge in [0.15, 0.2) is 0 Å². The first kappa shape index (κ1) is 15.6. The van der Waals surface area contributed by atoms with Crippen molar-refractivity contribution in [3.8, 4) is 0 Å². The fraction of sp³-hybridized carbons (Fsp3) is 0.933. The molecule has 1 aliphatic carbocycles. The Bertz CT molecular complexity index is 335. The van der Waals surface area contributed by atoms with Crippen molar-refractivity contribution in [1.82, 2.24) is 15.5 Å². The minimum absolute atomic E-state index is 0.267. The van der Waals surface area contributed by atoms with Crippen molar-refractivity contribution in [2.24, 2.45) is 0 Å². The SMILES string of the molecule is CN1CCCC1CNC1CC(NC(=O)OC(C)(C)C)C1. The van der Waals surface area contributed by atoms with Gasteiger partial charge < -0.3 is 20.3 Å². The molecule has 5 nitrogen and oxygen atoms in total. The third-order valence-electron chi connectivity index (χ3n) is 4.17. The average Bonchev–Trinajstić information content (AvgIpc) is 2.64. The van der Waals surface area contributed by atoms with E-state index in [9.17, 15) is 4.79 Å². The molecule has 2 fully saturated rings. The van der Waals surface area contributed by atoms with Crippen LogP contribution in [0, 0.1) is 0 Å². The maximum absolute atomic E-state index is 11.6. The van der Waals surface area contributed by atoms with Crippen molar-refractivity contribution in [3.05, 3.63) is 0 Å². The highest BCUT2D eigenvalue weighted by atomic mass is 16.6. The van der Waals surface area contributed by atoms with Crippen LogP contribution in [0.3, 0.4) is 0 Å². The molecule has 116 valence electrons. The molecular weight excluding hydrogens is 254 g/mol. The highest BCUT2D eigenvalue weighted by Gasteiger charge is 2.32. The summed E-state index contributed by atoms with van der Waals surface area (Å²) in [6.45, 7) is 7.95. The standard InChI is InChI=1S/C15H29N3O2/c1-15(2,3)20-14(19)17-12-8-11(9-12)16-10-13-6-5-7-18(13)4/h11-13,16H,5-10H2,1-4H3,(H,17,19). The number of nitrogens with one attached hydrogen (secondary N) is 2. The van der Waals surface area contributed by atoms with Crippen LogP contribution in [0.15, 0.2) is 0 Å². The number of rotatable bonds is 4. The number of hydrogen-bond donors (Lipinski definition) is 2. The Labute approximate surface area is 122 Å². The summed E-state index contributed by atoms with van der Waals surface area (Å²) in [4.78, 5) is 14.1. The third kappa shape index (κ3) is 4.63. The van der Waals surface area contributed by atoms with Gasteiger partial charge in [-0.1, -0.05) is 0 Å². The molecule has 5 heteroatoms. The van der Waals surface area contributed by atoms with Crippen molar-refractivity contribution < 1.29 is 9.53 Å². The molecule has 1 heterocycles. The number of ether oxygens (including phenoxy) is 1. The van der Waals surface area contributed by atoms with Gasteiger partial charge in [0.2, 0.25) is 0 Å². The van der Waals surface area contributed by atoms with Gasteiger partial charge in [-0.05, 0) is 60.0 Å². The molecule has 20 heavy (non-hydrogen) atoms. The van der Waals surface area contributed by atoms with Gasteiger partial charge in [-0.2, -0.15) is 0 Å². The van der Waals surface area contributed by atoms with Crippen LogP contribution in [0.25, 0.3) is 0 Å². The summed E-state index contributed by atoms with van der Waals surface area (Å²) in [7, 11) is 2.20. The fourth-order valence-electron chi connectivity index (χ4n) is 2.92. The number of hydrogen-bond acceptors (Lipinski definition) is 4. The van der Waals surface area contributed by atoms with Crippen LogP contribution in [0.2, 0.25) is 0 Å². The largest absolute Gasteiger partial charge is 0.444 e. The van der Waals surface area contributed by atoms with Gasteiger partial charge in [-0.3, -0.25) is 0 Å². The molecule has 2 aliphatic rings. The van der Waals surface area contributed by atoms with Crippen LogP contribution in [-0.4, -0.2) is 54.9 Å². The summed E-state index contributed by atoms with van der Waals surface area (Å²) in [5.74, 6) is 0. The molecule has 0 aromatic heterocycles. The quantitative estimate of drug-likeness (QED) is 0.825. The van der Waals surface area contributed by atoms with Crippen molar-refractivity contribution in [1.29, 1.82) is 0 Å². The van der Waals surface area contributed by atoms with Gasteiger partial charge >= 0.3 is 6.09 Å². The van der Waals surface area contributed by atoms with Crippen LogP contribution in [-0.2, 0) is 4.74 Å². The highest BCUT2D eigenvalue weighted by molar-refractivity contribution is 5.68. The molecule has 2 N–H and O–H groups in total. The van der Waals surface area contributed by atoms with E-state index in [4.69, 9.17) is 4.74 Å². The molecule has 1 saturated carbocycles. The van der Waals surface area contributed by atoms with Crippen LogP contribution >= 0.6 is 0 Å². The molecule has 0 radical (unpaired) electrons. The lowest BCUT2D eigenvalue weighted by molar-refractivity contribution is 0.0464. The second-order valence-electron chi connectivity index (χ2n) is 7.20. The third-order valence-corrected chi connectivity index (χ3v) is 4.17. The monoisotopic (exact) mass is 283 g/mol. The molecule has 2 rings (SSSR count). The van der Waals surface area contributed by atoms with E-state index >= 15 is 0 Å². The van der Waals surface area contributed by atoms with E-state index in [-0.39, 0.29) is 12.1 Å². The maximum Gasteiger partial charge on any atom is 0.407 e. The van der Waals surface area contributed by atoms with E-state index in [1.165, 1.54) is 19.4 Å². The number of likely N-dealkylation sites (tertiary alicyclic amines) is 1. The Hall–Kier alpha value is -0.810. The van der Waals surface area contributed by atoms with E-state index in [2.05, 4.69) is 22.6 Å². The van der Waals surface area contributed by atoms with Gasteiger partial charge in [-0.25, -0.2) is 4.79 Å². The van der Waals surface area contributed by atoms with Crippen LogP contribution in [0.4, 0.5) is 4.79 Å². The van der Waals surface area contributed by atoms with Gasteiger partial charge in [-0.15, -0.1) is 0 Å². The summed E-state index contributed by atoms with van der Waals surface area (Å²) in [5.41, 5.74) is -0.418. The summed E-state index contributed by atoms with van der Waals surface area (Å²) in [6, 6.07) is 1.50. The van der Waals surface area contributed by atoms with E-state index in [1.54, 1.807) is 0 Å². The minimum atomic E-state index is -0.418. The molecule has 0 bridgehead atoms. The lowest BCUT2D eigenvalue weighted by Gasteiger charge is -2.37. The van der Waals surface area contributed by atoms with Crippen molar-refractivity contribution in [2.75, 3.05) is 20.1 Å². The average molecular weight is 283 g/mol. The number of carbonyl (C=O) groups is 1. The molecule has 1 aliphatic heterocycles. The lowest BCUT2D eigenvalue weighted by Crippen LogP contribution is -2.54. The zero-order valence-electron chi connectivity index (χ0n) is 13.2. The van der Waals surface area contributed by atoms with Gasteiger partial charge in [0, 0.05) is 24.7 Å². The second kappa shape index (κ2) is 6.31. The van der Waals surface area contributed by atoms with Crippen molar-refractivity contribution >= 4 is 6.09 Å². The van der Waals surface area contributed by atoms with Crippen molar-refractivity contribution in [2.45, 2.75) is 70.2 Å². The van der Waals surface area contributed by atoms with Gasteiger partial charge in [0.05, 0.1) is 0 Å². The number of likely N-dealkylation sites (N-methyl/N-ethyl adjacent to an activating group) is 1. The predicted octanol–water partition coefficient (Wildman–Crippen LogP) is 1.73. The summed E-state index contributed by atoms with van der Waals surface area (Å²) in [5, 5.41) is 6.54. The molecule has 0 aromatic rings. The maximum atomic E-state index is 11.6. The number of alkyl carbamates (subject to hydrolysis) is 1. The van der Waals surface area contributed by atoms with E-state index in [0.717, 1.165) is 19.4 Å². The van der Waals surface area contributed by atoms with E-state index in [0.29, 0.717) is 12.1 Å². The Kier molecular flexibility index (Phi) is 4.91. The van der Waals surface area contributed by atoms with Crippen molar-refractivity contribution in [3.63, 3.8) is 0 Å². The predicted molar refractivity (Wildman–Crippen MR) is 79.8 cm³/mol. The fourth-order valence-corrected chi connectivity index (χ4v) is 2.92. The Balaban J connectivity index is 1.57. The molecule has 1 atom stereocenters. The molecule has 1 saturated heterocycles. The first-order valence-electron chi connectivity index (χ1n) is 7.76. The zero-order chi connectivity index (χ0) is 14.8. The van der Waals surface area contributed by atoms with E-state index in [1.807, 2.05) is 20.8 Å². The normalized spacial score (nSPS) is 30.9. The zero-order valence-corrected chi connectivity index (χ0v) is 13.2. The second-order valence-corrected chi connectivity index (χ2v) is 7.20. The summed E-state index contributed by atoms with van der Waals surface area (Å²) >= 11 is 0. The first-order chi connectivity index (χ1) is 9.33. The van der Waals surface area contributed by atoms with Crippen LogP contribution in [0.1, 0.15) is 46.5 Å². The molecule has 1 amide bonds. The first-order valence-corrected chi connectivity index (χ1v) is 7.76. The number of amides is 1. The number of carbonyl (C=O) groups excluding carboxylic acids is 1. The smallest absolute Gasteiger partial charge is 0.407 e. The Morgan fingerprint density at radius 1 is 1.30 bits per heavy atom. The molecule has 0 spiro atoms. The summed E-state index contributed by atoms with van der Waals surface area (Å²) in [6.07, 6.45) is 4.34. The lowest BCUT2D eigenvalue weighted by atomic mass is 9.86. The topological polar surface area (TPSA) is 53.6 Å². The molecule has 0 aromatic carbocycles. The highest BCUT2D eigenvalue weighted by Crippen LogP contribution is 2.22. The van der Waals surface area contributed by atoms with Gasteiger partial charge in [0.1, 0.15) is 5.60 Å². The van der Waals surface area contributed by atoms with Gasteiger partial charge in [0.25, 0.3) is 0 Å². The van der Waals surface area contributed by atoms with Crippen LogP contribution < -0.4 is 10.6 Å². The molecule has 1 unspecified atom stereocenters.